The lowest BCUT2D eigenvalue weighted by atomic mass is 9.85. The highest BCUT2D eigenvalue weighted by molar-refractivity contribution is 5.48. The van der Waals surface area contributed by atoms with Gasteiger partial charge < -0.3 is 0 Å². The van der Waals surface area contributed by atoms with E-state index in [1.807, 2.05) is 0 Å². The molecule has 80 valence electrons. The van der Waals surface area contributed by atoms with Crippen LogP contribution in [-0.4, -0.2) is 0 Å². The van der Waals surface area contributed by atoms with Crippen molar-refractivity contribution >= 4 is 0 Å². The largest absolute Gasteiger partial charge is 0.0836 e. The maximum Gasteiger partial charge on any atom is -0.0172 e. The van der Waals surface area contributed by atoms with Crippen LogP contribution in [0.2, 0.25) is 0 Å². The average molecular weight is 200 g/mol. The Labute approximate surface area is 93.1 Å². The zero-order valence-corrected chi connectivity index (χ0v) is 9.74. The smallest absolute Gasteiger partial charge is 0.0172 e. The minimum absolute atomic E-state index is 0.738. The third kappa shape index (κ3) is 2.50. The molecule has 2 aliphatic carbocycles. The van der Waals surface area contributed by atoms with Crippen molar-refractivity contribution in [3.8, 4) is 0 Å². The second kappa shape index (κ2) is 4.65. The monoisotopic (exact) mass is 200 g/mol. The Balaban J connectivity index is 2.06. The maximum absolute atomic E-state index is 2.40. The van der Waals surface area contributed by atoms with Gasteiger partial charge in [0.25, 0.3) is 0 Å². The van der Waals surface area contributed by atoms with Crippen molar-refractivity contribution in [2.75, 3.05) is 0 Å². The van der Waals surface area contributed by atoms with E-state index in [1.54, 1.807) is 0 Å². The Morgan fingerprint density at radius 3 is 2.40 bits per heavy atom. The molecule has 0 spiro atoms. The summed E-state index contributed by atoms with van der Waals surface area (Å²) in [6.07, 6.45) is 17.6. The Morgan fingerprint density at radius 2 is 1.87 bits per heavy atom. The third-order valence-electron chi connectivity index (χ3n) is 3.32. The van der Waals surface area contributed by atoms with Crippen LogP contribution < -0.4 is 0 Å². The SMILES string of the molecule is CC(C)C1C=CC(C2=CCCC=C2)=CC1. The van der Waals surface area contributed by atoms with E-state index >= 15 is 0 Å². The molecular formula is C15H20. The van der Waals surface area contributed by atoms with Gasteiger partial charge in [-0.2, -0.15) is 0 Å². The van der Waals surface area contributed by atoms with Crippen LogP contribution in [0.1, 0.15) is 33.1 Å². The molecule has 0 bridgehead atoms. The summed E-state index contributed by atoms with van der Waals surface area (Å²) < 4.78 is 0. The van der Waals surface area contributed by atoms with Gasteiger partial charge in [0.05, 0.1) is 0 Å². The molecule has 0 radical (unpaired) electrons. The summed E-state index contributed by atoms with van der Waals surface area (Å²) in [6.45, 7) is 4.60. The number of allylic oxidation sites excluding steroid dienone is 8. The van der Waals surface area contributed by atoms with Crippen LogP contribution in [-0.2, 0) is 0 Å². The summed E-state index contributed by atoms with van der Waals surface area (Å²) in [7, 11) is 0. The highest BCUT2D eigenvalue weighted by atomic mass is 14.2. The minimum Gasteiger partial charge on any atom is -0.0836 e. The topological polar surface area (TPSA) is 0 Å². The van der Waals surface area contributed by atoms with E-state index in [4.69, 9.17) is 0 Å². The molecule has 0 nitrogen and oxygen atoms in total. The molecule has 0 amide bonds. The average Bonchev–Trinajstić information content (AvgIpc) is 2.30. The van der Waals surface area contributed by atoms with E-state index in [-0.39, 0.29) is 0 Å². The standard InChI is InChI=1S/C15H20/c1-12(2)13-8-10-15(11-9-13)14-6-4-3-5-7-14/h4,6-8,10-13H,3,5,9H2,1-2H3. The highest BCUT2D eigenvalue weighted by Gasteiger charge is 2.13. The maximum atomic E-state index is 2.40. The Kier molecular flexibility index (Phi) is 3.25. The highest BCUT2D eigenvalue weighted by Crippen LogP contribution is 2.28. The Bertz CT molecular complexity index is 337. The molecule has 0 aromatic heterocycles. The first kappa shape index (κ1) is 10.5. The van der Waals surface area contributed by atoms with Crippen molar-refractivity contribution in [3.05, 3.63) is 47.6 Å². The molecule has 0 aromatic rings. The number of hydrogen-bond donors (Lipinski definition) is 0. The predicted octanol–water partition coefficient (Wildman–Crippen LogP) is 4.42. The van der Waals surface area contributed by atoms with Crippen LogP contribution in [0.15, 0.2) is 47.6 Å². The summed E-state index contributed by atoms with van der Waals surface area (Å²) in [5.74, 6) is 1.50. The second-order valence-corrected chi connectivity index (χ2v) is 4.80. The van der Waals surface area contributed by atoms with Crippen molar-refractivity contribution in [1.29, 1.82) is 0 Å². The van der Waals surface area contributed by atoms with Gasteiger partial charge in [0.2, 0.25) is 0 Å². The summed E-state index contributed by atoms with van der Waals surface area (Å²) >= 11 is 0. The van der Waals surface area contributed by atoms with Crippen LogP contribution in [0, 0.1) is 11.8 Å². The van der Waals surface area contributed by atoms with E-state index in [9.17, 15) is 0 Å². The summed E-state index contributed by atoms with van der Waals surface area (Å²) in [4.78, 5) is 0. The molecule has 1 unspecified atom stereocenters. The molecule has 0 heteroatoms. The molecular weight excluding hydrogens is 180 g/mol. The van der Waals surface area contributed by atoms with E-state index in [0.717, 1.165) is 11.8 Å². The van der Waals surface area contributed by atoms with Gasteiger partial charge in [-0.15, -0.1) is 0 Å². The van der Waals surface area contributed by atoms with Crippen LogP contribution in [0.5, 0.6) is 0 Å². The van der Waals surface area contributed by atoms with E-state index in [2.05, 4.69) is 50.3 Å². The van der Waals surface area contributed by atoms with Gasteiger partial charge in [0.15, 0.2) is 0 Å². The van der Waals surface area contributed by atoms with Crippen molar-refractivity contribution in [2.45, 2.75) is 33.1 Å². The van der Waals surface area contributed by atoms with Gasteiger partial charge in [-0.25, -0.2) is 0 Å². The predicted molar refractivity (Wildman–Crippen MR) is 66.6 cm³/mol. The van der Waals surface area contributed by atoms with E-state index in [1.165, 1.54) is 30.4 Å². The van der Waals surface area contributed by atoms with E-state index in [0.29, 0.717) is 0 Å². The quantitative estimate of drug-likeness (QED) is 0.619. The third-order valence-corrected chi connectivity index (χ3v) is 3.32. The molecule has 1 atom stereocenters. The van der Waals surface area contributed by atoms with Crippen molar-refractivity contribution in [3.63, 3.8) is 0 Å². The van der Waals surface area contributed by atoms with Crippen LogP contribution in [0.4, 0.5) is 0 Å². The van der Waals surface area contributed by atoms with Gasteiger partial charge in [-0.1, -0.05) is 50.3 Å². The Morgan fingerprint density at radius 1 is 1.07 bits per heavy atom. The molecule has 0 saturated carbocycles. The fourth-order valence-electron chi connectivity index (χ4n) is 2.17. The first-order valence-corrected chi connectivity index (χ1v) is 6.03. The first-order valence-electron chi connectivity index (χ1n) is 6.03. The molecule has 0 saturated heterocycles. The van der Waals surface area contributed by atoms with E-state index < -0.39 is 0 Å². The summed E-state index contributed by atoms with van der Waals surface area (Å²) in [6, 6.07) is 0. The normalized spacial score (nSPS) is 25.4. The number of hydrogen-bond acceptors (Lipinski definition) is 0. The molecule has 0 N–H and O–H groups in total. The lowest BCUT2D eigenvalue weighted by molar-refractivity contribution is 0.466. The molecule has 0 fully saturated rings. The van der Waals surface area contributed by atoms with Gasteiger partial charge in [0.1, 0.15) is 0 Å². The van der Waals surface area contributed by atoms with Crippen molar-refractivity contribution < 1.29 is 0 Å². The fraction of sp³-hybridized carbons (Fsp3) is 0.467. The second-order valence-electron chi connectivity index (χ2n) is 4.80. The molecule has 0 aromatic carbocycles. The van der Waals surface area contributed by atoms with Crippen molar-refractivity contribution in [1.82, 2.24) is 0 Å². The van der Waals surface area contributed by atoms with Gasteiger partial charge >= 0.3 is 0 Å². The van der Waals surface area contributed by atoms with Gasteiger partial charge in [0, 0.05) is 0 Å². The van der Waals surface area contributed by atoms with Crippen LogP contribution in [0.3, 0.4) is 0 Å². The van der Waals surface area contributed by atoms with Gasteiger partial charge in [-0.05, 0) is 42.2 Å². The molecule has 0 aliphatic heterocycles. The molecule has 0 heterocycles. The lowest BCUT2D eigenvalue weighted by Gasteiger charge is -2.20. The van der Waals surface area contributed by atoms with Gasteiger partial charge in [-0.3, -0.25) is 0 Å². The summed E-state index contributed by atoms with van der Waals surface area (Å²) in [5, 5.41) is 0. The first-order chi connectivity index (χ1) is 7.27. The molecule has 15 heavy (non-hydrogen) atoms. The zero-order chi connectivity index (χ0) is 10.7. The lowest BCUT2D eigenvalue weighted by Crippen LogP contribution is -2.07. The van der Waals surface area contributed by atoms with Crippen LogP contribution >= 0.6 is 0 Å². The number of rotatable bonds is 2. The molecule has 2 aliphatic rings. The van der Waals surface area contributed by atoms with Crippen molar-refractivity contribution in [2.24, 2.45) is 11.8 Å². The van der Waals surface area contributed by atoms with Crippen LogP contribution in [0.25, 0.3) is 0 Å². The zero-order valence-electron chi connectivity index (χ0n) is 9.74. The summed E-state index contributed by atoms with van der Waals surface area (Å²) in [5.41, 5.74) is 2.84. The minimum atomic E-state index is 0.738. The molecule has 2 rings (SSSR count). The fourth-order valence-corrected chi connectivity index (χ4v) is 2.17. The Hall–Kier alpha value is -1.04.